The van der Waals surface area contributed by atoms with Gasteiger partial charge in [0.1, 0.15) is 0 Å². The van der Waals surface area contributed by atoms with E-state index in [2.05, 4.69) is 10.2 Å². The largest absolute Gasteiger partial charge is 0.308 e. The van der Waals surface area contributed by atoms with Crippen molar-refractivity contribution in [1.82, 2.24) is 10.2 Å². The normalized spacial score (nSPS) is 26.9. The fourth-order valence-corrected chi connectivity index (χ4v) is 3.52. The molecule has 0 aromatic heterocycles. The standard InChI is InChI=1S/C16H22F2N2/c17-16(18)13-6-4-12(5-7-13)11-19-14-8-10-20-9-2-1-3-15(14)20/h4-7,14-16,19H,1-3,8-11H2. The van der Waals surface area contributed by atoms with E-state index in [4.69, 9.17) is 0 Å². The molecule has 4 heteroatoms. The maximum absolute atomic E-state index is 12.5. The molecule has 1 N–H and O–H groups in total. The Kier molecular flexibility index (Phi) is 4.32. The van der Waals surface area contributed by atoms with Gasteiger partial charge in [-0.3, -0.25) is 4.90 Å². The molecular formula is C16H22F2N2. The zero-order chi connectivity index (χ0) is 13.9. The van der Waals surface area contributed by atoms with Crippen LogP contribution in [0.15, 0.2) is 24.3 Å². The number of piperidine rings is 1. The van der Waals surface area contributed by atoms with Crippen LogP contribution in [0.5, 0.6) is 0 Å². The van der Waals surface area contributed by atoms with Gasteiger partial charge >= 0.3 is 0 Å². The molecule has 0 aliphatic carbocycles. The van der Waals surface area contributed by atoms with E-state index in [1.807, 2.05) is 12.1 Å². The summed E-state index contributed by atoms with van der Waals surface area (Å²) in [6, 6.07) is 7.92. The van der Waals surface area contributed by atoms with Crippen LogP contribution in [0.1, 0.15) is 43.2 Å². The van der Waals surface area contributed by atoms with Gasteiger partial charge in [0.05, 0.1) is 0 Å². The van der Waals surface area contributed by atoms with E-state index >= 15 is 0 Å². The van der Waals surface area contributed by atoms with Crippen LogP contribution in [0.3, 0.4) is 0 Å². The number of rotatable bonds is 4. The van der Waals surface area contributed by atoms with Crippen molar-refractivity contribution in [3.63, 3.8) is 0 Å². The molecule has 0 saturated carbocycles. The SMILES string of the molecule is FC(F)c1ccc(CNC2CCN3CCCCC23)cc1. The molecule has 2 aliphatic rings. The van der Waals surface area contributed by atoms with Gasteiger partial charge in [-0.1, -0.05) is 30.7 Å². The summed E-state index contributed by atoms with van der Waals surface area (Å²) in [6.07, 6.45) is 2.80. The first kappa shape index (κ1) is 14.0. The number of alkyl halides is 2. The Bertz CT molecular complexity index is 433. The molecule has 0 amide bonds. The predicted octanol–water partition coefficient (Wildman–Crippen LogP) is 3.34. The Morgan fingerprint density at radius 2 is 1.90 bits per heavy atom. The summed E-state index contributed by atoms with van der Waals surface area (Å²) in [5.74, 6) is 0. The highest BCUT2D eigenvalue weighted by Gasteiger charge is 2.34. The quantitative estimate of drug-likeness (QED) is 0.910. The third-order valence-corrected chi connectivity index (χ3v) is 4.66. The average molecular weight is 280 g/mol. The van der Waals surface area contributed by atoms with Crippen LogP contribution in [-0.4, -0.2) is 30.1 Å². The van der Waals surface area contributed by atoms with Crippen LogP contribution < -0.4 is 5.32 Å². The number of fused-ring (bicyclic) bond motifs is 1. The molecule has 1 aromatic rings. The van der Waals surface area contributed by atoms with Crippen LogP contribution in [-0.2, 0) is 6.54 Å². The zero-order valence-electron chi connectivity index (χ0n) is 11.7. The Hall–Kier alpha value is -1.00. The first-order valence-corrected chi connectivity index (χ1v) is 7.58. The third kappa shape index (κ3) is 3.01. The topological polar surface area (TPSA) is 15.3 Å². The van der Waals surface area contributed by atoms with E-state index in [0.29, 0.717) is 12.1 Å². The highest BCUT2D eigenvalue weighted by Crippen LogP contribution is 2.27. The monoisotopic (exact) mass is 280 g/mol. The Labute approximate surface area is 119 Å². The minimum Gasteiger partial charge on any atom is -0.308 e. The maximum Gasteiger partial charge on any atom is 0.263 e. The molecule has 2 atom stereocenters. The van der Waals surface area contributed by atoms with Gasteiger partial charge < -0.3 is 5.32 Å². The molecule has 0 bridgehead atoms. The second-order valence-corrected chi connectivity index (χ2v) is 5.92. The van der Waals surface area contributed by atoms with E-state index in [1.165, 1.54) is 50.9 Å². The van der Waals surface area contributed by atoms with Crippen molar-refractivity contribution in [2.45, 2.75) is 50.7 Å². The molecule has 20 heavy (non-hydrogen) atoms. The van der Waals surface area contributed by atoms with Crippen LogP contribution >= 0.6 is 0 Å². The lowest BCUT2D eigenvalue weighted by atomic mass is 9.99. The molecule has 110 valence electrons. The predicted molar refractivity (Wildman–Crippen MR) is 75.9 cm³/mol. The van der Waals surface area contributed by atoms with Gasteiger partial charge in [-0.05, 0) is 31.4 Å². The van der Waals surface area contributed by atoms with Gasteiger partial charge in [0.25, 0.3) is 6.43 Å². The van der Waals surface area contributed by atoms with Crippen LogP contribution in [0.4, 0.5) is 8.78 Å². The third-order valence-electron chi connectivity index (χ3n) is 4.66. The lowest BCUT2D eigenvalue weighted by Crippen LogP contribution is -2.44. The van der Waals surface area contributed by atoms with Crippen LogP contribution in [0, 0.1) is 0 Å². The molecule has 2 unspecified atom stereocenters. The number of nitrogens with one attached hydrogen (secondary N) is 1. The van der Waals surface area contributed by atoms with Crippen molar-refractivity contribution in [2.75, 3.05) is 13.1 Å². The molecule has 3 rings (SSSR count). The van der Waals surface area contributed by atoms with Crippen LogP contribution in [0.25, 0.3) is 0 Å². The lowest BCUT2D eigenvalue weighted by Gasteiger charge is -2.32. The summed E-state index contributed by atoms with van der Waals surface area (Å²) in [5, 5.41) is 3.62. The molecule has 2 nitrogen and oxygen atoms in total. The number of benzene rings is 1. The fraction of sp³-hybridized carbons (Fsp3) is 0.625. The van der Waals surface area contributed by atoms with Crippen molar-refractivity contribution < 1.29 is 8.78 Å². The number of hydrogen-bond acceptors (Lipinski definition) is 2. The number of nitrogens with zero attached hydrogens (tertiary/aromatic N) is 1. The Morgan fingerprint density at radius 1 is 1.10 bits per heavy atom. The van der Waals surface area contributed by atoms with E-state index < -0.39 is 6.43 Å². The second kappa shape index (κ2) is 6.19. The molecule has 1 aromatic carbocycles. The first-order valence-electron chi connectivity index (χ1n) is 7.58. The van der Waals surface area contributed by atoms with Crippen molar-refractivity contribution in [1.29, 1.82) is 0 Å². The summed E-state index contributed by atoms with van der Waals surface area (Å²) in [7, 11) is 0. The van der Waals surface area contributed by atoms with Crippen LogP contribution in [0.2, 0.25) is 0 Å². The molecule has 2 heterocycles. The van der Waals surface area contributed by atoms with Crippen molar-refractivity contribution in [3.8, 4) is 0 Å². The van der Waals surface area contributed by atoms with Crippen molar-refractivity contribution in [3.05, 3.63) is 35.4 Å². The molecular weight excluding hydrogens is 258 g/mol. The van der Waals surface area contributed by atoms with Gasteiger partial charge in [-0.15, -0.1) is 0 Å². The Morgan fingerprint density at radius 3 is 2.65 bits per heavy atom. The minimum absolute atomic E-state index is 0.105. The summed E-state index contributed by atoms with van der Waals surface area (Å²) in [5.41, 5.74) is 1.19. The van der Waals surface area contributed by atoms with Gasteiger partial charge in [0, 0.05) is 30.7 Å². The molecule has 2 saturated heterocycles. The van der Waals surface area contributed by atoms with E-state index in [0.717, 1.165) is 12.1 Å². The summed E-state index contributed by atoms with van der Waals surface area (Å²) in [6.45, 7) is 3.22. The van der Waals surface area contributed by atoms with E-state index in [1.54, 1.807) is 0 Å². The fourth-order valence-electron chi connectivity index (χ4n) is 3.52. The minimum atomic E-state index is -2.37. The number of hydrogen-bond donors (Lipinski definition) is 1. The lowest BCUT2D eigenvalue weighted by molar-refractivity contribution is 0.151. The molecule has 2 fully saturated rings. The second-order valence-electron chi connectivity index (χ2n) is 5.92. The van der Waals surface area contributed by atoms with Gasteiger partial charge in [-0.25, -0.2) is 8.78 Å². The van der Waals surface area contributed by atoms with Crippen molar-refractivity contribution >= 4 is 0 Å². The highest BCUT2D eigenvalue weighted by molar-refractivity contribution is 5.23. The van der Waals surface area contributed by atoms with Gasteiger partial charge in [0.15, 0.2) is 0 Å². The smallest absolute Gasteiger partial charge is 0.263 e. The number of halogens is 2. The molecule has 0 spiro atoms. The summed E-state index contributed by atoms with van der Waals surface area (Å²) < 4.78 is 25.0. The van der Waals surface area contributed by atoms with E-state index in [-0.39, 0.29) is 5.56 Å². The Balaban J connectivity index is 1.54. The molecule has 2 aliphatic heterocycles. The van der Waals surface area contributed by atoms with E-state index in [9.17, 15) is 8.78 Å². The average Bonchev–Trinajstić information content (AvgIpc) is 2.89. The van der Waals surface area contributed by atoms with Crippen molar-refractivity contribution in [2.24, 2.45) is 0 Å². The zero-order valence-corrected chi connectivity index (χ0v) is 11.7. The van der Waals surface area contributed by atoms with Gasteiger partial charge in [0.2, 0.25) is 0 Å². The summed E-state index contributed by atoms with van der Waals surface area (Å²) in [4.78, 5) is 2.60. The highest BCUT2D eigenvalue weighted by atomic mass is 19.3. The summed E-state index contributed by atoms with van der Waals surface area (Å²) >= 11 is 0. The first-order chi connectivity index (χ1) is 9.74. The maximum atomic E-state index is 12.5. The molecule has 0 radical (unpaired) electrons. The van der Waals surface area contributed by atoms with Gasteiger partial charge in [-0.2, -0.15) is 0 Å².